The van der Waals surface area contributed by atoms with Crippen LogP contribution in [0.15, 0.2) is 294 Å². The van der Waals surface area contributed by atoms with E-state index in [1.165, 1.54) is 18.2 Å². The number of nitrogens with zero attached hydrogens (tertiary/aromatic N) is 17. The lowest BCUT2D eigenvalue weighted by Crippen LogP contribution is -2.48. The third-order valence-corrected chi connectivity index (χ3v) is 31.8. The second kappa shape index (κ2) is 37.8. The number of hydrogen-bond donors (Lipinski definition) is 8. The van der Waals surface area contributed by atoms with Gasteiger partial charge in [-0.25, -0.2) is 39.9 Å². The van der Waals surface area contributed by atoms with Crippen LogP contribution in [0.3, 0.4) is 0 Å². The number of carbonyl (C=O) groups excluding carboxylic acids is 5. The Labute approximate surface area is 854 Å². The van der Waals surface area contributed by atoms with Gasteiger partial charge in [-0.05, 0) is 170 Å². The van der Waals surface area contributed by atoms with E-state index in [1.807, 2.05) is 238 Å². The van der Waals surface area contributed by atoms with Crippen LogP contribution in [-0.4, -0.2) is 165 Å². The lowest BCUT2D eigenvalue weighted by molar-refractivity contribution is -0.130. The topological polar surface area (TPSA) is 409 Å². The first kappa shape index (κ1) is 96.9. The fraction of sp³-hybridized carbons (Fsp3) is 0.276. The predicted octanol–water partition coefficient (Wildman–Crippen LogP) is 16.6. The largest absolute Gasteiger partial charge is 0.382 e. The van der Waals surface area contributed by atoms with Crippen LogP contribution >= 0.6 is 11.6 Å². The minimum absolute atomic E-state index is 0.0653. The number of likely N-dealkylation sites (tertiary alicyclic amines) is 4. The van der Waals surface area contributed by atoms with Crippen LogP contribution in [0.2, 0.25) is 5.02 Å². The third-order valence-electron chi connectivity index (χ3n) is 31.5. The summed E-state index contributed by atoms with van der Waals surface area (Å²) < 4.78 is 7.84. The van der Waals surface area contributed by atoms with Gasteiger partial charge in [-0.15, -0.1) is 0 Å². The van der Waals surface area contributed by atoms with Gasteiger partial charge >= 0.3 is 0 Å². The van der Waals surface area contributed by atoms with E-state index in [1.54, 1.807) is 82.9 Å². The number of pyridine rings is 1. The Morgan fingerprint density at radius 2 is 0.837 bits per heavy atom. The fourth-order valence-electron chi connectivity index (χ4n) is 23.0. The van der Waals surface area contributed by atoms with Crippen LogP contribution in [0.25, 0.3) is 67.1 Å². The molecule has 16 aromatic rings. The molecule has 5 aliphatic heterocycles. The Kier molecular flexibility index (Phi) is 24.9. The van der Waals surface area contributed by atoms with Gasteiger partial charge < -0.3 is 63.2 Å². The number of anilines is 4. The van der Waals surface area contributed by atoms with Gasteiger partial charge in [-0.1, -0.05) is 239 Å². The van der Waals surface area contributed by atoms with Gasteiger partial charge in [0.1, 0.15) is 114 Å². The molecule has 5 saturated heterocycles. The average molecular weight is 1980 g/mol. The molecular formula is C116H113ClN22O8. The summed E-state index contributed by atoms with van der Waals surface area (Å²) in [5.41, 5.74) is 37.5. The Balaban J connectivity index is 0.000000115. The molecule has 24 rings (SSSR count). The number of benzene rings is 7. The Morgan fingerprint density at radius 3 is 1.23 bits per heavy atom. The lowest BCUT2D eigenvalue weighted by atomic mass is 9.87. The molecule has 30 nitrogen and oxygen atoms in total. The molecular weight excluding hydrogens is 1860 g/mol. The predicted molar refractivity (Wildman–Crippen MR) is 564 cm³/mol. The standard InChI is InChI=1S/C30H31N5O2.C30H29N5O2.C29H29N5O2.C27H24ClN7O2/c1-5-22(36)35-17-21-23(29(21,2)3)25(35)28-33-24(26-27(31)32-15-16-34(26)28)18-11-13-20(14-12-18)30(4,37)19-9-7-6-8-10-19;1-3-7-24(36)35-19-30(14-15-30)18-23(35)28-33-25(26-27(31)32-16-17-34(26)28)20-10-12-22(13-11-20)29(2,37)21-8-5-4-6-9-21;1-3-23(35)34-18-29(13-14-29)17-22(34)27-32-24(25-26(30)31-15-16-33(25)27)19-9-11-21(12-10-19)28(2,36)20-7-5-4-6-8-20;1-2-22(37)35-19-13-20(32-14-19)24(35)27-33-23(25-26(29)31-9-10-34(25)27)16-5-3-15(4-6-16)21(36)12-18-11-17(28)7-8-30-18/h5-16,21,23,25,37H,1,17H2,2-4H3,(H2,31,32);4-6,8-13,16-17,23,37H,14-15,18-19H2,1-2H3,(H2,31,32);3-12,15-16,22,36H,1,13-14,17-18H2,2H3,(H2,30,31);2-11,19-20,24,32H,1,12-14H2,(H2,29,31)/t21-,23-,25-,30?;;;19?,20-,24?/m0..0/s1. The van der Waals surface area contributed by atoms with Gasteiger partial charge in [0, 0.05) is 133 Å². The zero-order valence-corrected chi connectivity index (χ0v) is 83.1. The number of piperazine rings is 1. The van der Waals surface area contributed by atoms with Crippen molar-refractivity contribution in [2.45, 2.75) is 146 Å². The molecule has 2 bridgehead atoms. The number of amides is 4. The number of fused-ring (bicyclic) bond motifs is 7. The number of aliphatic hydroxyl groups is 3. The molecule has 31 heteroatoms. The third kappa shape index (κ3) is 17.5. The minimum Gasteiger partial charge on any atom is -0.382 e. The maximum Gasteiger partial charge on any atom is 0.299 e. The van der Waals surface area contributed by atoms with Gasteiger partial charge in [0.25, 0.3) is 5.91 Å². The number of ketones is 1. The summed E-state index contributed by atoms with van der Waals surface area (Å²) in [5, 5.41) is 37.8. The molecule has 742 valence electrons. The molecule has 9 aromatic heterocycles. The SMILES string of the molecule is C=CC(=O)N1C2CN[C@@H](C2)C1c1nc(-c2ccc(C(=O)Cc3cc(Cl)ccn3)cc2)c2c(N)nccn12.C=CC(=O)N1CC2(CC2)CC1c1nc(-c2ccc(C(C)(O)c3ccccc3)cc2)c2c(N)nccn12.C=CC(=O)N1C[C@H]2[C@@H]([C@H]1c1nc(-c3ccc(C(C)(O)c4ccccc4)cc3)c3c(N)nccn13)C2(C)C.CC#CC(=O)N1CC2(CC2)CC1c1nc(-c2ccc(C(C)(O)c3ccccc3)cc2)c2c(N)nccn12. The number of rotatable bonds is 20. The summed E-state index contributed by atoms with van der Waals surface area (Å²) in [6, 6.07) is 62.0. The van der Waals surface area contributed by atoms with E-state index in [2.05, 4.69) is 75.7 Å². The molecule has 14 heterocycles. The van der Waals surface area contributed by atoms with E-state index in [-0.39, 0.29) is 88.3 Å². The van der Waals surface area contributed by atoms with Crippen molar-refractivity contribution in [1.29, 1.82) is 0 Å². The summed E-state index contributed by atoms with van der Waals surface area (Å²) >= 11 is 6.02. The number of nitrogen functional groups attached to an aromatic ring is 4. The van der Waals surface area contributed by atoms with E-state index in [4.69, 9.17) is 54.5 Å². The van der Waals surface area contributed by atoms with E-state index in [0.29, 0.717) is 110 Å². The second-order valence-corrected chi connectivity index (χ2v) is 41.3. The molecule has 7 unspecified atom stereocenters. The quantitative estimate of drug-likeness (QED) is 0.0200. The summed E-state index contributed by atoms with van der Waals surface area (Å²) in [4.78, 5) is 113. The van der Waals surface area contributed by atoms with Crippen molar-refractivity contribution in [3.05, 3.63) is 367 Å². The number of nitrogens with one attached hydrogen (secondary N) is 1. The van der Waals surface area contributed by atoms with Crippen LogP contribution in [0, 0.1) is 39.9 Å². The first-order valence-electron chi connectivity index (χ1n) is 49.4. The zero-order valence-electron chi connectivity index (χ0n) is 82.4. The summed E-state index contributed by atoms with van der Waals surface area (Å²) in [6.07, 6.45) is 27.0. The number of halogens is 1. The van der Waals surface area contributed by atoms with Gasteiger partial charge in [0.2, 0.25) is 17.7 Å². The van der Waals surface area contributed by atoms with Gasteiger partial charge in [0.05, 0.1) is 24.5 Å². The van der Waals surface area contributed by atoms with Crippen LogP contribution in [0.4, 0.5) is 23.3 Å². The summed E-state index contributed by atoms with van der Waals surface area (Å²) in [7, 11) is 0. The van der Waals surface area contributed by atoms with Crippen molar-refractivity contribution in [2.24, 2.45) is 28.1 Å². The zero-order chi connectivity index (χ0) is 103. The number of imidazole rings is 4. The van der Waals surface area contributed by atoms with Crippen molar-refractivity contribution in [1.82, 2.24) is 87.4 Å². The van der Waals surface area contributed by atoms with Gasteiger partial charge in [-0.2, -0.15) is 0 Å². The van der Waals surface area contributed by atoms with Crippen molar-refractivity contribution in [3.8, 4) is 56.9 Å². The molecule has 2 spiro atoms. The number of carbonyl (C=O) groups is 5. The van der Waals surface area contributed by atoms with Crippen molar-refractivity contribution in [2.75, 3.05) is 49.1 Å². The number of hydrogen-bond acceptors (Lipinski definition) is 22. The van der Waals surface area contributed by atoms with Gasteiger partial charge in [-0.3, -0.25) is 46.6 Å². The van der Waals surface area contributed by atoms with Crippen molar-refractivity contribution < 1.29 is 39.3 Å². The maximum atomic E-state index is 12.9. The first-order valence-corrected chi connectivity index (χ1v) is 49.8. The number of Topliss-reactive ketones (excluding diaryl/α,β-unsaturated/α-hetero) is 1. The monoisotopic (exact) mass is 1980 g/mol. The Morgan fingerprint density at radius 1 is 0.469 bits per heavy atom. The van der Waals surface area contributed by atoms with Crippen LogP contribution in [0.1, 0.15) is 183 Å². The molecule has 147 heavy (non-hydrogen) atoms. The van der Waals surface area contributed by atoms with Crippen molar-refractivity contribution in [3.63, 3.8) is 0 Å². The van der Waals surface area contributed by atoms with Crippen LogP contribution in [-0.2, 0) is 42.4 Å². The molecule has 11 atom stereocenters. The highest BCUT2D eigenvalue weighted by atomic mass is 35.5. The normalized spacial score (nSPS) is 20.8. The van der Waals surface area contributed by atoms with E-state index in [0.717, 1.165) is 137 Å². The molecule has 7 aromatic carbocycles. The maximum absolute atomic E-state index is 12.9. The molecule has 0 radical (unpaired) electrons. The van der Waals surface area contributed by atoms with E-state index in [9.17, 15) is 39.3 Å². The highest BCUT2D eigenvalue weighted by Crippen LogP contribution is 2.69. The Bertz CT molecular complexity index is 7960. The van der Waals surface area contributed by atoms with Gasteiger partial charge in [0.15, 0.2) is 5.78 Å². The first-order chi connectivity index (χ1) is 70.8. The number of piperidine rings is 1. The highest BCUT2D eigenvalue weighted by molar-refractivity contribution is 6.30. The fourth-order valence-corrected chi connectivity index (χ4v) is 23.2. The Hall–Kier alpha value is -16.2. The summed E-state index contributed by atoms with van der Waals surface area (Å²) in [6.45, 7) is 25.6. The highest BCUT2D eigenvalue weighted by Gasteiger charge is 2.69. The lowest BCUT2D eigenvalue weighted by Gasteiger charge is -2.34. The number of nitrogens with two attached hydrogens (primary N) is 4. The molecule has 8 fully saturated rings. The van der Waals surface area contributed by atoms with E-state index < -0.39 is 16.8 Å². The smallest absolute Gasteiger partial charge is 0.299 e. The van der Waals surface area contributed by atoms with E-state index >= 15 is 0 Å². The molecule has 3 aliphatic carbocycles. The second-order valence-electron chi connectivity index (χ2n) is 40.9. The van der Waals surface area contributed by atoms with Crippen LogP contribution in [0.5, 0.6) is 0 Å². The van der Waals surface area contributed by atoms with Crippen molar-refractivity contribution >= 4 is 86.4 Å². The van der Waals surface area contributed by atoms with Crippen LogP contribution < -0.4 is 28.3 Å². The average Bonchev–Trinajstić information content (AvgIpc) is 1.51. The molecule has 8 aliphatic rings. The number of aromatic nitrogens is 13. The molecule has 3 saturated carbocycles. The summed E-state index contributed by atoms with van der Waals surface area (Å²) in [5.74, 6) is 10.2. The molecule has 12 N–H and O–H groups in total. The molecule has 4 amide bonds. The minimum atomic E-state index is -1.14.